The summed E-state index contributed by atoms with van der Waals surface area (Å²) in [5, 5.41) is 3.79. The molecule has 2 heteroatoms. The maximum absolute atomic E-state index is 2.44. The van der Waals surface area contributed by atoms with Crippen molar-refractivity contribution in [3.05, 3.63) is 157 Å². The third kappa shape index (κ3) is 3.41. The molecule has 2 heterocycles. The number of para-hydroxylation sites is 2. The number of nitrogens with zero attached hydrogens (tertiary/aromatic N) is 2. The number of hydrogen-bond acceptors (Lipinski definition) is 0. The molecule has 0 bridgehead atoms. The monoisotopic (exact) mass is 550 g/mol. The van der Waals surface area contributed by atoms with Crippen LogP contribution in [0.2, 0.25) is 0 Å². The fraction of sp³-hybridized carbons (Fsp3) is 0.0732. The van der Waals surface area contributed by atoms with Gasteiger partial charge in [0.15, 0.2) is 0 Å². The topological polar surface area (TPSA) is 9.86 Å². The molecule has 43 heavy (non-hydrogen) atoms. The van der Waals surface area contributed by atoms with E-state index in [2.05, 4.69) is 169 Å². The first-order valence-electron chi connectivity index (χ1n) is 15.0. The van der Waals surface area contributed by atoms with Crippen LogP contribution in [0.4, 0.5) is 0 Å². The van der Waals surface area contributed by atoms with E-state index >= 15 is 0 Å². The minimum absolute atomic E-state index is 0.0209. The number of rotatable bonds is 3. The van der Waals surface area contributed by atoms with Crippen molar-refractivity contribution < 1.29 is 0 Å². The van der Waals surface area contributed by atoms with Crippen LogP contribution in [-0.2, 0) is 5.41 Å². The molecule has 8 aromatic rings. The average Bonchev–Trinajstić information content (AvgIpc) is 3.70. The fourth-order valence-electron chi connectivity index (χ4n) is 7.45. The molecule has 0 N–H and O–H groups in total. The van der Waals surface area contributed by atoms with Crippen LogP contribution in [0.3, 0.4) is 0 Å². The molecule has 2 aromatic heterocycles. The van der Waals surface area contributed by atoms with Crippen molar-refractivity contribution in [1.29, 1.82) is 0 Å². The first-order valence-corrected chi connectivity index (χ1v) is 15.0. The predicted octanol–water partition coefficient (Wildman–Crippen LogP) is 10.7. The summed E-state index contributed by atoms with van der Waals surface area (Å²) < 4.78 is 4.73. The van der Waals surface area contributed by atoms with Gasteiger partial charge in [0.1, 0.15) is 0 Å². The van der Waals surface area contributed by atoms with Crippen molar-refractivity contribution in [2.45, 2.75) is 19.3 Å². The van der Waals surface area contributed by atoms with Gasteiger partial charge in [-0.25, -0.2) is 0 Å². The van der Waals surface area contributed by atoms with Crippen molar-refractivity contribution in [1.82, 2.24) is 9.13 Å². The van der Waals surface area contributed by atoms with E-state index in [1.807, 2.05) is 0 Å². The molecule has 0 spiro atoms. The second-order valence-electron chi connectivity index (χ2n) is 12.2. The largest absolute Gasteiger partial charge is 0.316 e. The Hall–Kier alpha value is -5.34. The minimum atomic E-state index is -0.0209. The van der Waals surface area contributed by atoms with Crippen LogP contribution >= 0.6 is 0 Å². The molecule has 0 fully saturated rings. The van der Waals surface area contributed by atoms with Crippen molar-refractivity contribution in [3.8, 4) is 33.6 Å². The molecule has 9 rings (SSSR count). The molecule has 0 unspecified atom stereocenters. The van der Waals surface area contributed by atoms with E-state index in [9.17, 15) is 0 Å². The first-order chi connectivity index (χ1) is 21.1. The molecule has 0 aliphatic heterocycles. The maximum atomic E-state index is 2.44. The Morgan fingerprint density at radius 1 is 0.465 bits per heavy atom. The van der Waals surface area contributed by atoms with Gasteiger partial charge in [-0.15, -0.1) is 0 Å². The van der Waals surface area contributed by atoms with Gasteiger partial charge >= 0.3 is 0 Å². The molecule has 0 radical (unpaired) electrons. The van der Waals surface area contributed by atoms with Gasteiger partial charge < -0.3 is 9.13 Å². The van der Waals surface area contributed by atoms with Crippen molar-refractivity contribution >= 4 is 32.7 Å². The number of hydrogen-bond donors (Lipinski definition) is 0. The Morgan fingerprint density at radius 2 is 1.12 bits per heavy atom. The molecule has 0 amide bonds. The summed E-state index contributed by atoms with van der Waals surface area (Å²) in [6.45, 7) is 4.70. The third-order valence-corrected chi connectivity index (χ3v) is 9.56. The maximum Gasteiger partial charge on any atom is 0.0635 e. The lowest BCUT2D eigenvalue weighted by Crippen LogP contribution is -2.14. The van der Waals surface area contributed by atoms with E-state index in [1.165, 1.54) is 77.5 Å². The van der Waals surface area contributed by atoms with Crippen molar-refractivity contribution in [2.75, 3.05) is 0 Å². The molecule has 2 nitrogen and oxygen atoms in total. The normalized spacial score (nSPS) is 13.5. The Kier molecular flexibility index (Phi) is 4.99. The number of benzene rings is 6. The highest BCUT2D eigenvalue weighted by Crippen LogP contribution is 2.49. The second kappa shape index (κ2) is 8.83. The van der Waals surface area contributed by atoms with Crippen LogP contribution in [-0.4, -0.2) is 9.13 Å². The average molecular weight is 551 g/mol. The van der Waals surface area contributed by atoms with Crippen LogP contribution in [0.1, 0.15) is 25.0 Å². The minimum Gasteiger partial charge on any atom is -0.316 e. The summed E-state index contributed by atoms with van der Waals surface area (Å²) in [6.07, 6.45) is 2.20. The number of aromatic nitrogens is 2. The van der Waals surface area contributed by atoms with E-state index in [0.29, 0.717) is 0 Å². The summed E-state index contributed by atoms with van der Waals surface area (Å²) >= 11 is 0. The SMILES string of the molecule is CC1(C)c2ccccc2-c2ccc(-c3ccc4c(c3)c3ccc5c(ccn5-c5ccccc5)c3n4-c3ccccc3)cc21. The van der Waals surface area contributed by atoms with Gasteiger partial charge in [0.25, 0.3) is 0 Å². The van der Waals surface area contributed by atoms with E-state index in [1.54, 1.807) is 0 Å². The van der Waals surface area contributed by atoms with Gasteiger partial charge in [-0.2, -0.15) is 0 Å². The molecular formula is C41H30N2. The number of fused-ring (bicyclic) bond motifs is 8. The molecular weight excluding hydrogens is 520 g/mol. The second-order valence-corrected chi connectivity index (χ2v) is 12.2. The lowest BCUT2D eigenvalue weighted by Gasteiger charge is -2.22. The lowest BCUT2D eigenvalue weighted by molar-refractivity contribution is 0.660. The third-order valence-electron chi connectivity index (χ3n) is 9.56. The predicted molar refractivity (Wildman–Crippen MR) is 181 cm³/mol. The standard InChI is InChI=1S/C41H30N2/c1-41(2)36-16-10-9-15-31(36)32-19-17-28(26-37(32)41)27-18-21-39-35(25-27)33-20-22-38-34(23-24-42(38)29-11-5-3-6-12-29)40(33)43(39)30-13-7-4-8-14-30/h3-26H,1-2H3. The Bertz CT molecular complexity index is 2350. The zero-order chi connectivity index (χ0) is 28.7. The zero-order valence-corrected chi connectivity index (χ0v) is 24.3. The quantitative estimate of drug-likeness (QED) is 0.207. The molecule has 6 aromatic carbocycles. The molecule has 0 saturated heterocycles. The van der Waals surface area contributed by atoms with E-state index in [-0.39, 0.29) is 5.41 Å². The van der Waals surface area contributed by atoms with Gasteiger partial charge in [-0.1, -0.05) is 98.8 Å². The summed E-state index contributed by atoms with van der Waals surface area (Å²) in [6, 6.07) is 51.1. The Morgan fingerprint density at radius 3 is 1.93 bits per heavy atom. The van der Waals surface area contributed by atoms with Gasteiger partial charge in [-0.05, 0) is 88.0 Å². The smallest absolute Gasteiger partial charge is 0.0635 e. The molecule has 0 atom stereocenters. The molecule has 1 aliphatic carbocycles. The first kappa shape index (κ1) is 24.3. The highest BCUT2D eigenvalue weighted by atomic mass is 15.0. The van der Waals surface area contributed by atoms with Gasteiger partial charge in [0.05, 0.1) is 16.6 Å². The van der Waals surface area contributed by atoms with E-state index in [4.69, 9.17) is 0 Å². The van der Waals surface area contributed by atoms with Crippen LogP contribution in [0.15, 0.2) is 146 Å². The van der Waals surface area contributed by atoms with Gasteiger partial charge in [-0.3, -0.25) is 0 Å². The van der Waals surface area contributed by atoms with Crippen LogP contribution < -0.4 is 0 Å². The highest BCUT2D eigenvalue weighted by molar-refractivity contribution is 6.19. The Balaban J connectivity index is 1.29. The highest BCUT2D eigenvalue weighted by Gasteiger charge is 2.35. The lowest BCUT2D eigenvalue weighted by atomic mass is 9.81. The summed E-state index contributed by atoms with van der Waals surface area (Å²) in [5.41, 5.74) is 14.0. The van der Waals surface area contributed by atoms with Crippen LogP contribution in [0.5, 0.6) is 0 Å². The summed E-state index contributed by atoms with van der Waals surface area (Å²) in [4.78, 5) is 0. The van der Waals surface area contributed by atoms with Crippen molar-refractivity contribution in [2.24, 2.45) is 0 Å². The van der Waals surface area contributed by atoms with Crippen LogP contribution in [0, 0.1) is 0 Å². The van der Waals surface area contributed by atoms with Crippen LogP contribution in [0.25, 0.3) is 66.3 Å². The van der Waals surface area contributed by atoms with Gasteiger partial charge in [0, 0.05) is 39.1 Å². The Labute approximate surface area is 251 Å². The van der Waals surface area contributed by atoms with E-state index < -0.39 is 0 Å². The summed E-state index contributed by atoms with van der Waals surface area (Å²) in [5.74, 6) is 0. The molecule has 0 saturated carbocycles. The fourth-order valence-corrected chi connectivity index (χ4v) is 7.45. The van der Waals surface area contributed by atoms with Gasteiger partial charge in [0.2, 0.25) is 0 Å². The zero-order valence-electron chi connectivity index (χ0n) is 24.3. The van der Waals surface area contributed by atoms with Crippen molar-refractivity contribution in [3.63, 3.8) is 0 Å². The summed E-state index contributed by atoms with van der Waals surface area (Å²) in [7, 11) is 0. The molecule has 1 aliphatic rings. The molecule has 204 valence electrons. The van der Waals surface area contributed by atoms with E-state index in [0.717, 1.165) is 0 Å².